The molecular weight excluding hydrogens is 384 g/mol. The van der Waals surface area contributed by atoms with E-state index >= 15 is 0 Å². The second-order valence-corrected chi connectivity index (χ2v) is 9.21. The van der Waals surface area contributed by atoms with Crippen LogP contribution in [0.15, 0.2) is 58.3 Å². The molecule has 0 bridgehead atoms. The van der Waals surface area contributed by atoms with Crippen LogP contribution in [0.4, 0.5) is 0 Å². The van der Waals surface area contributed by atoms with Crippen LogP contribution in [-0.4, -0.2) is 42.2 Å². The number of amides is 1. The predicted molar refractivity (Wildman–Crippen MR) is 106 cm³/mol. The van der Waals surface area contributed by atoms with Crippen LogP contribution in [0.2, 0.25) is 0 Å². The van der Waals surface area contributed by atoms with Crippen LogP contribution in [0.25, 0.3) is 0 Å². The standard InChI is InChI=1S/C19H24N2O4S2/c1-4-21(5-2)27(24,25)18-12-6-15(7-13-18)14-20-19(22)16-8-10-17(11-9-16)26(3)23/h6-13H,4-5,14H2,1-3H3,(H,20,22). The monoisotopic (exact) mass is 408 g/mol. The van der Waals surface area contributed by atoms with Crippen molar-refractivity contribution in [3.05, 3.63) is 59.7 Å². The third kappa shape index (κ3) is 5.24. The summed E-state index contributed by atoms with van der Waals surface area (Å²) >= 11 is 0. The number of nitrogens with zero attached hydrogens (tertiary/aromatic N) is 1. The second kappa shape index (κ2) is 9.25. The smallest absolute Gasteiger partial charge is 0.251 e. The fraction of sp³-hybridized carbons (Fsp3) is 0.316. The molecule has 1 N–H and O–H groups in total. The van der Waals surface area contributed by atoms with Gasteiger partial charge in [0.2, 0.25) is 10.0 Å². The Morgan fingerprint density at radius 2 is 1.56 bits per heavy atom. The minimum atomic E-state index is -3.48. The highest BCUT2D eigenvalue weighted by Crippen LogP contribution is 2.16. The highest BCUT2D eigenvalue weighted by atomic mass is 32.2. The van der Waals surface area contributed by atoms with Gasteiger partial charge in [0.05, 0.1) is 4.90 Å². The van der Waals surface area contributed by atoms with E-state index in [2.05, 4.69) is 5.32 Å². The lowest BCUT2D eigenvalue weighted by atomic mass is 10.2. The first-order chi connectivity index (χ1) is 12.8. The molecule has 6 nitrogen and oxygen atoms in total. The SMILES string of the molecule is CCN(CC)S(=O)(=O)c1ccc(CNC(=O)c2ccc(S(C)=O)cc2)cc1. The molecule has 0 aliphatic rings. The summed E-state index contributed by atoms with van der Waals surface area (Å²) in [4.78, 5) is 13.1. The lowest BCUT2D eigenvalue weighted by Crippen LogP contribution is -2.30. The van der Waals surface area contributed by atoms with Crippen LogP contribution in [0.3, 0.4) is 0 Å². The van der Waals surface area contributed by atoms with Gasteiger partial charge in [-0.15, -0.1) is 0 Å². The number of carbonyl (C=O) groups excluding carboxylic acids is 1. The van der Waals surface area contributed by atoms with E-state index in [1.165, 1.54) is 4.31 Å². The summed E-state index contributed by atoms with van der Waals surface area (Å²) in [6, 6.07) is 13.1. The Morgan fingerprint density at radius 1 is 1.00 bits per heavy atom. The van der Waals surface area contributed by atoms with E-state index in [1.807, 2.05) is 0 Å². The van der Waals surface area contributed by atoms with E-state index in [-0.39, 0.29) is 17.3 Å². The van der Waals surface area contributed by atoms with E-state index in [4.69, 9.17) is 0 Å². The van der Waals surface area contributed by atoms with Crippen molar-refractivity contribution in [2.45, 2.75) is 30.2 Å². The molecule has 0 fully saturated rings. The number of hydrogen-bond donors (Lipinski definition) is 1. The van der Waals surface area contributed by atoms with Crippen molar-refractivity contribution in [1.82, 2.24) is 9.62 Å². The molecule has 2 aromatic carbocycles. The predicted octanol–water partition coefficient (Wildman–Crippen LogP) is 2.38. The molecule has 0 aromatic heterocycles. The molecule has 1 atom stereocenters. The zero-order valence-corrected chi connectivity index (χ0v) is 17.3. The van der Waals surface area contributed by atoms with Crippen molar-refractivity contribution >= 4 is 26.7 Å². The van der Waals surface area contributed by atoms with Gasteiger partial charge in [-0.05, 0) is 42.0 Å². The van der Waals surface area contributed by atoms with Crippen molar-refractivity contribution in [3.8, 4) is 0 Å². The molecule has 1 amide bonds. The summed E-state index contributed by atoms with van der Waals surface area (Å²) in [5.74, 6) is -0.247. The summed E-state index contributed by atoms with van der Waals surface area (Å²) in [6.45, 7) is 4.72. The van der Waals surface area contributed by atoms with Crippen molar-refractivity contribution < 1.29 is 17.4 Å². The van der Waals surface area contributed by atoms with E-state index in [1.54, 1.807) is 68.6 Å². The van der Waals surface area contributed by atoms with Gasteiger partial charge in [-0.1, -0.05) is 26.0 Å². The summed E-state index contributed by atoms with van der Waals surface area (Å²) in [7, 11) is -4.57. The van der Waals surface area contributed by atoms with Crippen molar-refractivity contribution in [1.29, 1.82) is 0 Å². The van der Waals surface area contributed by atoms with E-state index in [0.717, 1.165) is 5.56 Å². The highest BCUT2D eigenvalue weighted by Gasteiger charge is 2.21. The maximum atomic E-state index is 12.5. The quantitative estimate of drug-likeness (QED) is 0.727. The minimum absolute atomic E-state index is 0.240. The highest BCUT2D eigenvalue weighted by molar-refractivity contribution is 7.89. The first-order valence-corrected chi connectivity index (χ1v) is 11.6. The number of nitrogens with one attached hydrogen (secondary N) is 1. The van der Waals surface area contributed by atoms with Crippen LogP contribution in [0, 0.1) is 0 Å². The fourth-order valence-corrected chi connectivity index (χ4v) is 4.55. The molecule has 0 radical (unpaired) electrons. The van der Waals surface area contributed by atoms with Gasteiger partial charge >= 0.3 is 0 Å². The lowest BCUT2D eigenvalue weighted by Gasteiger charge is -2.18. The van der Waals surface area contributed by atoms with Gasteiger partial charge in [0.15, 0.2) is 0 Å². The van der Waals surface area contributed by atoms with Crippen molar-refractivity contribution in [2.75, 3.05) is 19.3 Å². The maximum absolute atomic E-state index is 12.5. The normalized spacial score (nSPS) is 12.7. The summed E-state index contributed by atoms with van der Waals surface area (Å²) < 4.78 is 37.7. The summed E-state index contributed by atoms with van der Waals surface area (Å²) in [5.41, 5.74) is 1.28. The molecule has 2 aromatic rings. The molecule has 8 heteroatoms. The molecule has 0 spiro atoms. The van der Waals surface area contributed by atoms with Crippen LogP contribution >= 0.6 is 0 Å². The first-order valence-electron chi connectivity index (χ1n) is 8.60. The fourth-order valence-electron chi connectivity index (χ4n) is 2.57. The molecule has 1 unspecified atom stereocenters. The molecule has 2 rings (SSSR count). The van der Waals surface area contributed by atoms with Gasteiger partial charge < -0.3 is 5.32 Å². The van der Waals surface area contributed by atoms with E-state index < -0.39 is 20.8 Å². The zero-order valence-electron chi connectivity index (χ0n) is 15.6. The Kier molecular flexibility index (Phi) is 7.29. The maximum Gasteiger partial charge on any atom is 0.251 e. The van der Waals surface area contributed by atoms with Crippen molar-refractivity contribution in [3.63, 3.8) is 0 Å². The number of benzene rings is 2. The molecule has 0 aliphatic carbocycles. The van der Waals surface area contributed by atoms with Gasteiger partial charge in [-0.2, -0.15) is 4.31 Å². The van der Waals surface area contributed by atoms with Gasteiger partial charge in [-0.3, -0.25) is 9.00 Å². The van der Waals surface area contributed by atoms with Crippen LogP contribution < -0.4 is 5.32 Å². The average Bonchev–Trinajstić information content (AvgIpc) is 2.67. The molecule has 0 saturated carbocycles. The van der Waals surface area contributed by atoms with Gasteiger partial charge in [0, 0.05) is 47.1 Å². The first kappa shape index (κ1) is 21.3. The zero-order chi connectivity index (χ0) is 20.0. The number of rotatable bonds is 8. The summed E-state index contributed by atoms with van der Waals surface area (Å²) in [6.07, 6.45) is 1.58. The Labute approximate surface area is 163 Å². The largest absolute Gasteiger partial charge is 0.348 e. The van der Waals surface area contributed by atoms with Crippen LogP contribution in [-0.2, 0) is 27.4 Å². The molecule has 0 aliphatic heterocycles. The number of carbonyl (C=O) groups is 1. The second-order valence-electron chi connectivity index (χ2n) is 5.89. The molecular formula is C19H24N2O4S2. The van der Waals surface area contributed by atoms with E-state index in [9.17, 15) is 17.4 Å². The number of hydrogen-bond acceptors (Lipinski definition) is 4. The average molecular weight is 409 g/mol. The molecule has 146 valence electrons. The van der Waals surface area contributed by atoms with Crippen molar-refractivity contribution in [2.24, 2.45) is 0 Å². The third-order valence-corrected chi connectivity index (χ3v) is 7.17. The van der Waals surface area contributed by atoms with Gasteiger partial charge in [0.1, 0.15) is 0 Å². The van der Waals surface area contributed by atoms with Gasteiger partial charge in [-0.25, -0.2) is 8.42 Å². The minimum Gasteiger partial charge on any atom is -0.348 e. The van der Waals surface area contributed by atoms with Crippen LogP contribution in [0.5, 0.6) is 0 Å². The number of sulfonamides is 1. The Hall–Kier alpha value is -2.03. The molecule has 0 heterocycles. The lowest BCUT2D eigenvalue weighted by molar-refractivity contribution is 0.0951. The van der Waals surface area contributed by atoms with E-state index in [0.29, 0.717) is 23.5 Å². The topological polar surface area (TPSA) is 83.6 Å². The summed E-state index contributed by atoms with van der Waals surface area (Å²) in [5, 5.41) is 2.79. The van der Waals surface area contributed by atoms with Gasteiger partial charge in [0.25, 0.3) is 5.91 Å². The van der Waals surface area contributed by atoms with Crippen LogP contribution in [0.1, 0.15) is 29.8 Å². The third-order valence-electron chi connectivity index (χ3n) is 4.17. The Balaban J connectivity index is 2.02. The molecule has 0 saturated heterocycles. The Morgan fingerprint density at radius 3 is 2.04 bits per heavy atom. The Bertz CT molecular complexity index is 904. The molecule has 27 heavy (non-hydrogen) atoms.